The summed E-state index contributed by atoms with van der Waals surface area (Å²) in [6.45, 7) is 7.09. The fourth-order valence-electron chi connectivity index (χ4n) is 3.66. The van der Waals surface area contributed by atoms with Gasteiger partial charge in [0.25, 0.3) is 5.91 Å². The van der Waals surface area contributed by atoms with Gasteiger partial charge in [-0.25, -0.2) is 9.18 Å². The molecule has 2 aromatic rings. The van der Waals surface area contributed by atoms with E-state index in [1.165, 1.54) is 12.1 Å². The second-order valence-corrected chi connectivity index (χ2v) is 7.03. The summed E-state index contributed by atoms with van der Waals surface area (Å²) in [5, 5.41) is 3.08. The average Bonchev–Trinajstić information content (AvgIpc) is 2.98. The van der Waals surface area contributed by atoms with Crippen LogP contribution < -0.4 is 5.32 Å². The number of aromatic nitrogens is 1. The normalized spacial score (nSPS) is 14.8. The Bertz CT molecular complexity index is 853. The number of amides is 2. The Morgan fingerprint density at radius 3 is 2.43 bits per heavy atom. The Hall–Kier alpha value is -2.83. The molecule has 1 fully saturated rings. The topological polar surface area (TPSA) is 63.6 Å². The number of carbonyl (C=O) groups excluding carboxylic acids is 2. The number of likely N-dealkylation sites (tertiary alicyclic amines) is 1. The maximum atomic E-state index is 13.2. The monoisotopic (exact) mass is 387 g/mol. The molecule has 2 amide bonds. The third-order valence-corrected chi connectivity index (χ3v) is 5.12. The molecule has 1 saturated heterocycles. The Balaban J connectivity index is 1.67. The molecule has 0 unspecified atom stereocenters. The first-order chi connectivity index (χ1) is 13.4. The lowest BCUT2D eigenvalue weighted by atomic mass is 10.0. The standard InChI is InChI=1S/C21H26FN3O3/c1-4-28-21(27)24-11-9-17(10-12-24)23-20(26)19-13-14(2)25(15(19)3)18-7-5-16(22)6-8-18/h5-8,13,17H,4,9-12H2,1-3H3,(H,23,26). The maximum Gasteiger partial charge on any atom is 0.409 e. The zero-order valence-electron chi connectivity index (χ0n) is 16.5. The van der Waals surface area contributed by atoms with E-state index in [0.717, 1.165) is 17.1 Å². The van der Waals surface area contributed by atoms with Crippen molar-refractivity contribution in [3.63, 3.8) is 0 Å². The first-order valence-corrected chi connectivity index (χ1v) is 9.58. The number of benzene rings is 1. The summed E-state index contributed by atoms with van der Waals surface area (Å²) >= 11 is 0. The Labute approximate surface area is 164 Å². The molecule has 0 bridgehead atoms. The molecule has 150 valence electrons. The minimum Gasteiger partial charge on any atom is -0.450 e. The lowest BCUT2D eigenvalue weighted by Gasteiger charge is -2.31. The van der Waals surface area contributed by atoms with Crippen molar-refractivity contribution in [2.45, 2.75) is 39.7 Å². The van der Waals surface area contributed by atoms with E-state index in [2.05, 4.69) is 5.32 Å². The molecule has 28 heavy (non-hydrogen) atoms. The highest BCUT2D eigenvalue weighted by Gasteiger charge is 2.26. The van der Waals surface area contributed by atoms with Gasteiger partial charge in [0.1, 0.15) is 5.82 Å². The molecule has 1 N–H and O–H groups in total. The number of halogens is 1. The van der Waals surface area contributed by atoms with Crippen LogP contribution >= 0.6 is 0 Å². The van der Waals surface area contributed by atoms with Crippen molar-refractivity contribution in [1.82, 2.24) is 14.8 Å². The lowest BCUT2D eigenvalue weighted by molar-refractivity contribution is 0.0859. The quantitative estimate of drug-likeness (QED) is 0.872. The maximum absolute atomic E-state index is 13.2. The van der Waals surface area contributed by atoms with E-state index in [1.807, 2.05) is 24.5 Å². The molecule has 0 aliphatic carbocycles. The molecule has 1 aliphatic rings. The summed E-state index contributed by atoms with van der Waals surface area (Å²) in [5.74, 6) is -0.422. The average molecular weight is 387 g/mol. The molecule has 3 rings (SSSR count). The number of carbonyl (C=O) groups is 2. The van der Waals surface area contributed by atoms with E-state index in [-0.39, 0.29) is 23.9 Å². The van der Waals surface area contributed by atoms with Crippen LogP contribution in [0.2, 0.25) is 0 Å². The number of nitrogens with one attached hydrogen (secondary N) is 1. The molecule has 2 heterocycles. The fraction of sp³-hybridized carbons (Fsp3) is 0.429. The van der Waals surface area contributed by atoms with Crippen LogP contribution in [0.4, 0.5) is 9.18 Å². The highest BCUT2D eigenvalue weighted by atomic mass is 19.1. The predicted octanol–water partition coefficient (Wildman–Crippen LogP) is 3.58. The fourth-order valence-corrected chi connectivity index (χ4v) is 3.66. The van der Waals surface area contributed by atoms with Crippen molar-refractivity contribution in [3.05, 3.63) is 53.1 Å². The van der Waals surface area contributed by atoms with Crippen LogP contribution in [-0.4, -0.2) is 47.2 Å². The van der Waals surface area contributed by atoms with Crippen LogP contribution in [0.15, 0.2) is 30.3 Å². The number of hydrogen-bond donors (Lipinski definition) is 1. The van der Waals surface area contributed by atoms with Gasteiger partial charge in [-0.2, -0.15) is 0 Å². The zero-order valence-corrected chi connectivity index (χ0v) is 16.5. The van der Waals surface area contributed by atoms with Crippen molar-refractivity contribution < 1.29 is 18.7 Å². The summed E-state index contributed by atoms with van der Waals surface area (Å²) in [6, 6.07) is 8.08. The van der Waals surface area contributed by atoms with Gasteiger partial charge in [0.2, 0.25) is 0 Å². The number of piperidine rings is 1. The summed E-state index contributed by atoms with van der Waals surface area (Å²) in [6.07, 6.45) is 1.10. The van der Waals surface area contributed by atoms with Crippen LogP contribution in [0.1, 0.15) is 41.5 Å². The molecular formula is C21H26FN3O3. The van der Waals surface area contributed by atoms with Gasteiger partial charge >= 0.3 is 6.09 Å². The lowest BCUT2D eigenvalue weighted by Crippen LogP contribution is -2.46. The van der Waals surface area contributed by atoms with Gasteiger partial charge in [0.15, 0.2) is 0 Å². The first-order valence-electron chi connectivity index (χ1n) is 9.58. The smallest absolute Gasteiger partial charge is 0.409 e. The van der Waals surface area contributed by atoms with Crippen molar-refractivity contribution in [2.24, 2.45) is 0 Å². The van der Waals surface area contributed by atoms with Crippen LogP contribution in [-0.2, 0) is 4.74 Å². The second-order valence-electron chi connectivity index (χ2n) is 7.03. The summed E-state index contributed by atoms with van der Waals surface area (Å²) in [7, 11) is 0. The van der Waals surface area contributed by atoms with Gasteiger partial charge in [-0.15, -0.1) is 0 Å². The van der Waals surface area contributed by atoms with Crippen molar-refractivity contribution >= 4 is 12.0 Å². The van der Waals surface area contributed by atoms with E-state index >= 15 is 0 Å². The van der Waals surface area contributed by atoms with E-state index < -0.39 is 0 Å². The van der Waals surface area contributed by atoms with Crippen molar-refractivity contribution in [1.29, 1.82) is 0 Å². The predicted molar refractivity (Wildman–Crippen MR) is 104 cm³/mol. The Kier molecular flexibility index (Phi) is 6.02. The van der Waals surface area contributed by atoms with E-state index in [1.54, 1.807) is 24.0 Å². The zero-order chi connectivity index (χ0) is 20.3. The van der Waals surface area contributed by atoms with E-state index in [4.69, 9.17) is 4.74 Å². The Morgan fingerprint density at radius 2 is 1.82 bits per heavy atom. The number of hydrogen-bond acceptors (Lipinski definition) is 3. The minimum atomic E-state index is -0.296. The van der Waals surface area contributed by atoms with Crippen LogP contribution in [0, 0.1) is 19.7 Å². The van der Waals surface area contributed by atoms with Gasteiger partial charge in [-0.05, 0) is 63.9 Å². The summed E-state index contributed by atoms with van der Waals surface area (Å²) in [4.78, 5) is 26.3. The van der Waals surface area contributed by atoms with Crippen LogP contribution in [0.25, 0.3) is 5.69 Å². The molecule has 1 aliphatic heterocycles. The summed E-state index contributed by atoms with van der Waals surface area (Å²) in [5.41, 5.74) is 3.14. The van der Waals surface area contributed by atoms with Gasteiger partial charge < -0.3 is 19.5 Å². The highest BCUT2D eigenvalue weighted by Crippen LogP contribution is 2.22. The second kappa shape index (κ2) is 8.46. The van der Waals surface area contributed by atoms with Gasteiger partial charge in [-0.3, -0.25) is 4.79 Å². The van der Waals surface area contributed by atoms with Gasteiger partial charge in [0, 0.05) is 36.2 Å². The van der Waals surface area contributed by atoms with Gasteiger partial charge in [0.05, 0.1) is 12.2 Å². The molecule has 0 spiro atoms. The van der Waals surface area contributed by atoms with Crippen LogP contribution in [0.5, 0.6) is 0 Å². The number of rotatable bonds is 4. The van der Waals surface area contributed by atoms with E-state index in [0.29, 0.717) is 38.1 Å². The first kappa shape index (κ1) is 19.9. The third-order valence-electron chi connectivity index (χ3n) is 5.12. The molecule has 0 atom stereocenters. The van der Waals surface area contributed by atoms with Gasteiger partial charge in [-0.1, -0.05) is 0 Å². The molecule has 6 nitrogen and oxygen atoms in total. The van der Waals surface area contributed by atoms with Crippen molar-refractivity contribution in [2.75, 3.05) is 19.7 Å². The number of nitrogens with zero attached hydrogens (tertiary/aromatic N) is 2. The molecular weight excluding hydrogens is 361 g/mol. The molecule has 0 radical (unpaired) electrons. The van der Waals surface area contributed by atoms with Crippen molar-refractivity contribution in [3.8, 4) is 5.69 Å². The molecule has 1 aromatic heterocycles. The summed E-state index contributed by atoms with van der Waals surface area (Å²) < 4.78 is 20.2. The van der Waals surface area contributed by atoms with E-state index in [9.17, 15) is 14.0 Å². The largest absolute Gasteiger partial charge is 0.450 e. The Morgan fingerprint density at radius 1 is 1.18 bits per heavy atom. The molecule has 1 aromatic carbocycles. The third kappa shape index (κ3) is 4.18. The minimum absolute atomic E-state index is 0.0204. The van der Waals surface area contributed by atoms with Crippen LogP contribution in [0.3, 0.4) is 0 Å². The molecule has 0 saturated carbocycles. The number of aryl methyl sites for hydroxylation is 1. The highest BCUT2D eigenvalue weighted by molar-refractivity contribution is 5.96. The molecule has 7 heteroatoms. The number of ether oxygens (including phenoxy) is 1. The SMILES string of the molecule is CCOC(=O)N1CCC(NC(=O)c2cc(C)n(-c3ccc(F)cc3)c2C)CC1.